The summed E-state index contributed by atoms with van der Waals surface area (Å²) < 4.78 is 5.02. The van der Waals surface area contributed by atoms with E-state index in [1.54, 1.807) is 18.2 Å². The molecule has 0 amide bonds. The average molecular weight is 229 g/mol. The molecule has 0 aliphatic heterocycles. The Morgan fingerprint density at radius 3 is 2.60 bits per heavy atom. The molecule has 0 saturated heterocycles. The summed E-state index contributed by atoms with van der Waals surface area (Å²) in [5.41, 5.74) is 0.843. The quantitative estimate of drug-likeness (QED) is 0.276. The highest BCUT2D eigenvalue weighted by Gasteiger charge is 2.02. The first-order valence-electron chi connectivity index (χ1n) is 4.90. The lowest BCUT2D eigenvalue weighted by Crippen LogP contribution is -2.06. The fourth-order valence-electron chi connectivity index (χ4n) is 0.926. The van der Waals surface area contributed by atoms with Crippen LogP contribution in [0.15, 0.2) is 37.0 Å². The standard InChI is InChI=1S/C12H17ClO2/c1-3-7-11(4-2)10-15-12(14)8-5-6-9-13/h3-4,7H,1-2,5-6,8-10H2/b11-7+. The molecular weight excluding hydrogens is 212 g/mol. The molecule has 0 saturated carbocycles. The Balaban J connectivity index is 3.73. The number of carbonyl (C=O) groups is 1. The van der Waals surface area contributed by atoms with Crippen LogP contribution in [0.25, 0.3) is 0 Å². The third-order valence-corrected chi connectivity index (χ3v) is 2.03. The van der Waals surface area contributed by atoms with E-state index >= 15 is 0 Å². The molecule has 3 heteroatoms. The van der Waals surface area contributed by atoms with Crippen molar-refractivity contribution in [3.05, 3.63) is 37.0 Å². The topological polar surface area (TPSA) is 26.3 Å². The Morgan fingerprint density at radius 1 is 1.33 bits per heavy atom. The first kappa shape index (κ1) is 14.0. The molecule has 0 N–H and O–H groups in total. The van der Waals surface area contributed by atoms with E-state index < -0.39 is 0 Å². The zero-order valence-electron chi connectivity index (χ0n) is 8.88. The lowest BCUT2D eigenvalue weighted by Gasteiger charge is -2.04. The normalized spacial score (nSPS) is 10.9. The van der Waals surface area contributed by atoms with Crippen LogP contribution in [0.1, 0.15) is 19.3 Å². The summed E-state index contributed by atoms with van der Waals surface area (Å²) in [6.07, 6.45) is 7.08. The molecule has 0 heterocycles. The summed E-state index contributed by atoms with van der Waals surface area (Å²) in [7, 11) is 0. The van der Waals surface area contributed by atoms with Gasteiger partial charge < -0.3 is 4.74 Å². The van der Waals surface area contributed by atoms with Gasteiger partial charge in [-0.05, 0) is 18.4 Å². The molecule has 84 valence electrons. The third-order valence-electron chi connectivity index (χ3n) is 1.76. The Kier molecular flexibility index (Phi) is 8.88. The summed E-state index contributed by atoms with van der Waals surface area (Å²) in [5.74, 6) is 0.388. The Bertz CT molecular complexity index is 244. The molecule has 0 aromatic rings. The van der Waals surface area contributed by atoms with Crippen LogP contribution in [0.5, 0.6) is 0 Å². The van der Waals surface area contributed by atoms with Gasteiger partial charge in [0, 0.05) is 12.3 Å². The summed E-state index contributed by atoms with van der Waals surface area (Å²) >= 11 is 5.49. The number of hydrogen-bond donors (Lipinski definition) is 0. The maximum atomic E-state index is 11.2. The highest BCUT2D eigenvalue weighted by Crippen LogP contribution is 2.02. The number of unbranched alkanes of at least 4 members (excludes halogenated alkanes) is 1. The molecule has 0 aromatic heterocycles. The van der Waals surface area contributed by atoms with Gasteiger partial charge in [-0.25, -0.2) is 0 Å². The highest BCUT2D eigenvalue weighted by atomic mass is 35.5. The maximum Gasteiger partial charge on any atom is 0.306 e. The number of esters is 1. The first-order chi connectivity index (χ1) is 7.24. The van der Waals surface area contributed by atoms with E-state index in [0.717, 1.165) is 18.4 Å². The van der Waals surface area contributed by atoms with Crippen molar-refractivity contribution in [2.75, 3.05) is 12.5 Å². The summed E-state index contributed by atoms with van der Waals surface area (Å²) in [5, 5.41) is 0. The maximum absolute atomic E-state index is 11.2. The zero-order valence-corrected chi connectivity index (χ0v) is 9.63. The fourth-order valence-corrected chi connectivity index (χ4v) is 1.12. The predicted octanol–water partition coefficient (Wildman–Crippen LogP) is 3.24. The zero-order chi connectivity index (χ0) is 11.5. The van der Waals surface area contributed by atoms with Crippen LogP contribution >= 0.6 is 11.6 Å². The number of carbonyl (C=O) groups excluding carboxylic acids is 1. The highest BCUT2D eigenvalue weighted by molar-refractivity contribution is 6.17. The minimum absolute atomic E-state index is 0.197. The van der Waals surface area contributed by atoms with Gasteiger partial charge in [-0.2, -0.15) is 0 Å². The van der Waals surface area contributed by atoms with Crippen LogP contribution in [-0.2, 0) is 9.53 Å². The van der Waals surface area contributed by atoms with E-state index in [2.05, 4.69) is 13.2 Å². The third kappa shape index (κ3) is 8.01. The van der Waals surface area contributed by atoms with E-state index in [4.69, 9.17) is 16.3 Å². The first-order valence-corrected chi connectivity index (χ1v) is 5.43. The van der Waals surface area contributed by atoms with Crippen LogP contribution < -0.4 is 0 Å². The van der Waals surface area contributed by atoms with Gasteiger partial charge in [0.15, 0.2) is 0 Å². The van der Waals surface area contributed by atoms with Crippen LogP contribution in [-0.4, -0.2) is 18.5 Å². The van der Waals surface area contributed by atoms with Crippen LogP contribution in [0.3, 0.4) is 0 Å². The van der Waals surface area contributed by atoms with E-state index in [0.29, 0.717) is 12.3 Å². The second kappa shape index (κ2) is 9.53. The number of hydrogen-bond acceptors (Lipinski definition) is 2. The minimum atomic E-state index is -0.197. The van der Waals surface area contributed by atoms with Crippen molar-refractivity contribution in [2.45, 2.75) is 19.3 Å². The van der Waals surface area contributed by atoms with Crippen molar-refractivity contribution < 1.29 is 9.53 Å². The fraction of sp³-hybridized carbons (Fsp3) is 0.417. The molecular formula is C12H17ClO2. The second-order valence-electron chi connectivity index (χ2n) is 2.99. The molecule has 0 atom stereocenters. The molecule has 0 aliphatic rings. The van der Waals surface area contributed by atoms with Gasteiger partial charge in [-0.1, -0.05) is 31.4 Å². The molecule has 2 nitrogen and oxygen atoms in total. The molecule has 0 unspecified atom stereocenters. The largest absolute Gasteiger partial charge is 0.461 e. The minimum Gasteiger partial charge on any atom is -0.461 e. The second-order valence-corrected chi connectivity index (χ2v) is 3.37. The number of halogens is 1. The molecule has 15 heavy (non-hydrogen) atoms. The molecule has 0 spiro atoms. The summed E-state index contributed by atoms with van der Waals surface area (Å²) in [6, 6.07) is 0. The molecule has 0 bridgehead atoms. The van der Waals surface area contributed by atoms with Gasteiger partial charge in [0.05, 0.1) is 0 Å². The van der Waals surface area contributed by atoms with E-state index in [1.165, 1.54) is 0 Å². The van der Waals surface area contributed by atoms with Gasteiger partial charge in [-0.15, -0.1) is 11.6 Å². The molecule has 0 rings (SSSR count). The lowest BCUT2D eigenvalue weighted by molar-refractivity contribution is -0.142. The molecule has 0 fully saturated rings. The van der Waals surface area contributed by atoms with Crippen molar-refractivity contribution >= 4 is 17.6 Å². The Morgan fingerprint density at radius 2 is 2.07 bits per heavy atom. The molecule has 0 radical (unpaired) electrons. The number of alkyl halides is 1. The summed E-state index contributed by atoms with van der Waals surface area (Å²) in [6.45, 7) is 7.42. The van der Waals surface area contributed by atoms with Crippen molar-refractivity contribution in [1.29, 1.82) is 0 Å². The number of rotatable bonds is 8. The van der Waals surface area contributed by atoms with Gasteiger partial charge >= 0.3 is 5.97 Å². The van der Waals surface area contributed by atoms with Crippen molar-refractivity contribution in [3.8, 4) is 0 Å². The smallest absolute Gasteiger partial charge is 0.306 e. The van der Waals surface area contributed by atoms with Crippen molar-refractivity contribution in [2.24, 2.45) is 0 Å². The Hall–Kier alpha value is -1.02. The molecule has 0 aromatic carbocycles. The van der Waals surface area contributed by atoms with Crippen LogP contribution in [0, 0.1) is 0 Å². The van der Waals surface area contributed by atoms with E-state index in [9.17, 15) is 4.79 Å². The number of allylic oxidation sites excluding steroid dienone is 2. The van der Waals surface area contributed by atoms with E-state index in [1.807, 2.05) is 0 Å². The Labute approximate surface area is 96.3 Å². The van der Waals surface area contributed by atoms with Crippen molar-refractivity contribution in [3.63, 3.8) is 0 Å². The van der Waals surface area contributed by atoms with Crippen LogP contribution in [0.4, 0.5) is 0 Å². The van der Waals surface area contributed by atoms with Gasteiger partial charge in [0.1, 0.15) is 6.61 Å². The van der Waals surface area contributed by atoms with Crippen LogP contribution in [0.2, 0.25) is 0 Å². The lowest BCUT2D eigenvalue weighted by atomic mass is 10.2. The SMILES string of the molecule is C=C/C=C(\C=C)COC(=O)CCCCCl. The van der Waals surface area contributed by atoms with E-state index in [-0.39, 0.29) is 12.6 Å². The average Bonchev–Trinajstić information content (AvgIpc) is 2.24. The number of ether oxygens (including phenoxy) is 1. The van der Waals surface area contributed by atoms with Gasteiger partial charge in [0.25, 0.3) is 0 Å². The molecule has 0 aliphatic carbocycles. The monoisotopic (exact) mass is 228 g/mol. The van der Waals surface area contributed by atoms with Gasteiger partial charge in [-0.3, -0.25) is 4.79 Å². The predicted molar refractivity (Wildman–Crippen MR) is 64.0 cm³/mol. The van der Waals surface area contributed by atoms with Crippen molar-refractivity contribution in [1.82, 2.24) is 0 Å². The summed E-state index contributed by atoms with van der Waals surface area (Å²) in [4.78, 5) is 11.2. The van der Waals surface area contributed by atoms with Gasteiger partial charge in [0.2, 0.25) is 0 Å².